The first-order valence-corrected chi connectivity index (χ1v) is 7.42. The van der Waals surface area contributed by atoms with Gasteiger partial charge in [-0.3, -0.25) is 0 Å². The average Bonchev–Trinajstić information content (AvgIpc) is 2.35. The lowest BCUT2D eigenvalue weighted by molar-refractivity contribution is 0.561. The Balaban J connectivity index is 2.91. The predicted molar refractivity (Wildman–Crippen MR) is 75.6 cm³/mol. The number of rotatable bonds is 13. The molecule has 1 heteroatoms. The number of hydrogen-bond acceptors (Lipinski definition) is 1. The normalized spacial score (nSPS) is 10.2. The summed E-state index contributed by atoms with van der Waals surface area (Å²) in [6.45, 7) is 2.24. The zero-order valence-electron chi connectivity index (χ0n) is 11.5. The first-order valence-electron chi connectivity index (χ1n) is 7.42. The highest BCUT2D eigenvalue weighted by Gasteiger charge is 1.92. The third-order valence-electron chi connectivity index (χ3n) is 3.08. The second-order valence-electron chi connectivity index (χ2n) is 4.81. The Bertz CT molecular complexity index is 180. The zero-order valence-corrected chi connectivity index (χ0v) is 11.5. The van der Waals surface area contributed by atoms with Gasteiger partial charge in [-0.1, -0.05) is 71.1 Å². The van der Waals surface area contributed by atoms with Gasteiger partial charge in [0.15, 0.2) is 0 Å². The van der Waals surface area contributed by atoms with Crippen LogP contribution < -0.4 is 0 Å². The van der Waals surface area contributed by atoms with E-state index in [0.717, 1.165) is 12.8 Å². The molecule has 0 rings (SSSR count). The summed E-state index contributed by atoms with van der Waals surface area (Å²) < 4.78 is 0. The first kappa shape index (κ1) is 16.4. The lowest BCUT2D eigenvalue weighted by atomic mass is 10.0. The molecule has 0 aliphatic rings. The van der Waals surface area contributed by atoms with Crippen molar-refractivity contribution in [2.75, 3.05) is 0 Å². The van der Waals surface area contributed by atoms with Crippen LogP contribution in [0.2, 0.25) is 0 Å². The molecule has 0 unspecified atom stereocenters. The molecule has 0 aromatic heterocycles. The van der Waals surface area contributed by atoms with E-state index in [1.165, 1.54) is 64.2 Å². The molecule has 0 N–H and O–H groups in total. The summed E-state index contributed by atoms with van der Waals surface area (Å²) in [4.78, 5) is 9.92. The van der Waals surface area contributed by atoms with Crippen molar-refractivity contribution in [3.8, 4) is 0 Å². The minimum Gasteiger partial charge on any atom is -0.234 e. The maximum atomic E-state index is 9.92. The van der Waals surface area contributed by atoms with E-state index in [4.69, 9.17) is 0 Å². The van der Waals surface area contributed by atoms with Crippen molar-refractivity contribution in [2.24, 2.45) is 0 Å². The summed E-state index contributed by atoms with van der Waals surface area (Å²) in [7, 11) is 0. The number of allylic oxidation sites excluding steroid dienone is 1. The highest BCUT2D eigenvalue weighted by molar-refractivity contribution is 5.44. The van der Waals surface area contributed by atoms with Gasteiger partial charge in [0.25, 0.3) is 0 Å². The minimum atomic E-state index is 0.913. The van der Waals surface area contributed by atoms with Gasteiger partial charge in [-0.25, -0.2) is 4.79 Å². The van der Waals surface area contributed by atoms with Crippen LogP contribution in [0.4, 0.5) is 0 Å². The zero-order chi connectivity index (χ0) is 12.6. The summed E-state index contributed by atoms with van der Waals surface area (Å²) in [5.74, 6) is 1.83. The Morgan fingerprint density at radius 2 is 1.29 bits per heavy atom. The van der Waals surface area contributed by atoms with Crippen molar-refractivity contribution in [2.45, 2.75) is 84.0 Å². The van der Waals surface area contributed by atoms with Crippen LogP contribution in [-0.4, -0.2) is 5.94 Å². The van der Waals surface area contributed by atoms with Crippen LogP contribution in [0.1, 0.15) is 84.0 Å². The van der Waals surface area contributed by atoms with E-state index in [1.807, 2.05) is 5.94 Å². The molecule has 0 amide bonds. The molecule has 17 heavy (non-hydrogen) atoms. The Morgan fingerprint density at radius 1 is 0.765 bits per heavy atom. The van der Waals surface area contributed by atoms with Gasteiger partial charge in [0.1, 0.15) is 5.94 Å². The second-order valence-corrected chi connectivity index (χ2v) is 4.81. The predicted octanol–water partition coefficient (Wildman–Crippen LogP) is 5.28. The van der Waals surface area contributed by atoms with Crippen LogP contribution in [0.5, 0.6) is 0 Å². The molecule has 0 heterocycles. The van der Waals surface area contributed by atoms with Crippen molar-refractivity contribution in [1.82, 2.24) is 0 Å². The third-order valence-corrected chi connectivity index (χ3v) is 3.08. The largest absolute Gasteiger partial charge is 0.234 e. The van der Waals surface area contributed by atoms with Crippen LogP contribution in [0.15, 0.2) is 6.08 Å². The van der Waals surface area contributed by atoms with Crippen molar-refractivity contribution in [3.05, 3.63) is 12.5 Å². The van der Waals surface area contributed by atoms with Crippen molar-refractivity contribution in [3.63, 3.8) is 0 Å². The molecule has 0 saturated heterocycles. The molecule has 0 atom stereocenters. The van der Waals surface area contributed by atoms with Gasteiger partial charge >= 0.3 is 0 Å². The van der Waals surface area contributed by atoms with Gasteiger partial charge in [0, 0.05) is 0 Å². The van der Waals surface area contributed by atoms with Gasteiger partial charge < -0.3 is 0 Å². The maximum Gasteiger partial charge on any atom is 0.120 e. The summed E-state index contributed by atoms with van der Waals surface area (Å²) in [6, 6.07) is 0. The van der Waals surface area contributed by atoms with Crippen molar-refractivity contribution < 1.29 is 4.79 Å². The van der Waals surface area contributed by atoms with Crippen molar-refractivity contribution in [1.29, 1.82) is 0 Å². The van der Waals surface area contributed by atoms with E-state index in [-0.39, 0.29) is 0 Å². The molecule has 1 nitrogen and oxygen atoms in total. The smallest absolute Gasteiger partial charge is 0.120 e. The van der Waals surface area contributed by atoms with Crippen LogP contribution in [0, 0.1) is 6.42 Å². The molecular weight excluding hydrogens is 208 g/mol. The Morgan fingerprint density at radius 3 is 1.82 bits per heavy atom. The molecule has 0 bridgehead atoms. The number of hydrogen-bond donors (Lipinski definition) is 0. The molecule has 0 aromatic rings. The molecule has 99 valence electrons. The standard InChI is InChI=1S/C16H29O/c1-2-3-4-5-6-7-8-9-10-11-12-13-14-15-16-17/h4,15H,2-3,5-14H2,1H3. The van der Waals surface area contributed by atoms with Crippen molar-refractivity contribution >= 4 is 5.94 Å². The van der Waals surface area contributed by atoms with Gasteiger partial charge in [0.05, 0.1) is 0 Å². The highest BCUT2D eigenvalue weighted by Crippen LogP contribution is 2.11. The Kier molecular flexibility index (Phi) is 15.0. The molecule has 0 saturated carbocycles. The van der Waals surface area contributed by atoms with Gasteiger partial charge in [-0.15, -0.1) is 0 Å². The molecule has 0 aliphatic carbocycles. The molecule has 0 aromatic carbocycles. The average molecular weight is 237 g/mol. The van der Waals surface area contributed by atoms with Crippen LogP contribution in [0.3, 0.4) is 0 Å². The Hall–Kier alpha value is -0.550. The minimum absolute atomic E-state index is 0.913. The Labute approximate surface area is 108 Å². The fourth-order valence-corrected chi connectivity index (χ4v) is 2.00. The van der Waals surface area contributed by atoms with Gasteiger partial charge in [-0.2, -0.15) is 0 Å². The number of unbranched alkanes of at least 4 members (excludes halogenated alkanes) is 12. The van der Waals surface area contributed by atoms with E-state index in [9.17, 15) is 4.79 Å². The van der Waals surface area contributed by atoms with Gasteiger partial charge in [0.2, 0.25) is 0 Å². The SMILES string of the molecule is CCC[CH]CCCCCCCCCCC=C=O. The van der Waals surface area contributed by atoms with E-state index in [2.05, 4.69) is 13.3 Å². The van der Waals surface area contributed by atoms with Gasteiger partial charge in [-0.05, 0) is 25.3 Å². The van der Waals surface area contributed by atoms with E-state index in [1.54, 1.807) is 6.08 Å². The summed E-state index contributed by atoms with van der Waals surface area (Å²) in [5, 5.41) is 0. The lowest BCUT2D eigenvalue weighted by Gasteiger charge is -2.01. The number of carbonyl (C=O) groups excluding carboxylic acids is 1. The van der Waals surface area contributed by atoms with E-state index in [0.29, 0.717) is 0 Å². The topological polar surface area (TPSA) is 17.1 Å². The van der Waals surface area contributed by atoms with E-state index >= 15 is 0 Å². The quantitative estimate of drug-likeness (QED) is 0.314. The van der Waals surface area contributed by atoms with Crippen LogP contribution >= 0.6 is 0 Å². The molecule has 0 aliphatic heterocycles. The fraction of sp³-hybridized carbons (Fsp3) is 0.812. The van der Waals surface area contributed by atoms with Crippen LogP contribution in [-0.2, 0) is 4.79 Å². The second kappa shape index (κ2) is 15.4. The van der Waals surface area contributed by atoms with E-state index < -0.39 is 0 Å². The molecule has 0 spiro atoms. The summed E-state index contributed by atoms with van der Waals surface area (Å²) in [6.07, 6.45) is 19.5. The molecule has 1 radical (unpaired) electrons. The molecule has 0 fully saturated rings. The third kappa shape index (κ3) is 15.4. The monoisotopic (exact) mass is 237 g/mol. The fourth-order valence-electron chi connectivity index (χ4n) is 2.00. The maximum absolute atomic E-state index is 9.92. The molecular formula is C16H29O. The lowest BCUT2D eigenvalue weighted by Crippen LogP contribution is -1.82. The first-order chi connectivity index (χ1) is 8.41. The summed E-state index contributed by atoms with van der Waals surface area (Å²) in [5.41, 5.74) is 0. The van der Waals surface area contributed by atoms with Crippen LogP contribution in [0.25, 0.3) is 0 Å². The highest BCUT2D eigenvalue weighted by atomic mass is 16.1. The summed E-state index contributed by atoms with van der Waals surface area (Å²) >= 11 is 0.